The van der Waals surface area contributed by atoms with Crippen molar-refractivity contribution in [1.29, 1.82) is 5.26 Å². The second-order valence-electron chi connectivity index (χ2n) is 9.09. The highest BCUT2D eigenvalue weighted by atomic mass is 15.2. The SMILES string of the molecule is CCc1cc(-c2cn(CCN3CCC3)c(C3CCN(c4ncnc(N)c4C#N)CC3)n2)ccn1. The molecule has 2 saturated heterocycles. The molecule has 0 bridgehead atoms. The van der Waals surface area contributed by atoms with Crippen molar-refractivity contribution < 1.29 is 0 Å². The molecular formula is C25H31N9. The lowest BCUT2D eigenvalue weighted by molar-refractivity contribution is 0.173. The lowest BCUT2D eigenvalue weighted by atomic mass is 9.95. The van der Waals surface area contributed by atoms with Crippen molar-refractivity contribution in [3.8, 4) is 17.3 Å². The van der Waals surface area contributed by atoms with E-state index in [2.05, 4.69) is 60.6 Å². The van der Waals surface area contributed by atoms with Gasteiger partial charge in [-0.1, -0.05) is 6.92 Å². The maximum atomic E-state index is 9.52. The molecule has 2 aliphatic heterocycles. The molecule has 9 nitrogen and oxygen atoms in total. The number of aromatic nitrogens is 5. The Morgan fingerprint density at radius 1 is 1.12 bits per heavy atom. The molecule has 5 heterocycles. The largest absolute Gasteiger partial charge is 0.382 e. The minimum absolute atomic E-state index is 0.240. The van der Waals surface area contributed by atoms with E-state index in [1.54, 1.807) is 0 Å². The van der Waals surface area contributed by atoms with Crippen LogP contribution in [0.5, 0.6) is 0 Å². The number of aryl methyl sites for hydroxylation is 1. The van der Waals surface area contributed by atoms with Gasteiger partial charge in [0.25, 0.3) is 0 Å². The first kappa shape index (κ1) is 22.3. The fourth-order valence-electron chi connectivity index (χ4n) is 4.85. The molecule has 34 heavy (non-hydrogen) atoms. The van der Waals surface area contributed by atoms with Crippen LogP contribution in [0.15, 0.2) is 30.9 Å². The molecule has 0 aliphatic carbocycles. The van der Waals surface area contributed by atoms with Crippen molar-refractivity contribution in [3.63, 3.8) is 0 Å². The van der Waals surface area contributed by atoms with Crippen LogP contribution in [0.2, 0.25) is 0 Å². The van der Waals surface area contributed by atoms with E-state index in [4.69, 9.17) is 10.7 Å². The number of imidazole rings is 1. The minimum Gasteiger partial charge on any atom is -0.382 e. The average molecular weight is 458 g/mol. The van der Waals surface area contributed by atoms with Crippen molar-refractivity contribution in [3.05, 3.63) is 47.9 Å². The predicted octanol–water partition coefficient (Wildman–Crippen LogP) is 2.84. The van der Waals surface area contributed by atoms with E-state index in [9.17, 15) is 5.26 Å². The summed E-state index contributed by atoms with van der Waals surface area (Å²) in [5.74, 6) is 2.40. The number of hydrogen-bond donors (Lipinski definition) is 1. The summed E-state index contributed by atoms with van der Waals surface area (Å²) >= 11 is 0. The summed E-state index contributed by atoms with van der Waals surface area (Å²) < 4.78 is 2.36. The number of nitrogens with zero attached hydrogens (tertiary/aromatic N) is 8. The van der Waals surface area contributed by atoms with Crippen molar-refractivity contribution >= 4 is 11.6 Å². The monoisotopic (exact) mass is 457 g/mol. The van der Waals surface area contributed by atoms with Gasteiger partial charge < -0.3 is 20.1 Å². The normalized spacial score (nSPS) is 16.9. The summed E-state index contributed by atoms with van der Waals surface area (Å²) in [6.45, 7) is 8.14. The van der Waals surface area contributed by atoms with Crippen molar-refractivity contribution in [2.24, 2.45) is 0 Å². The second kappa shape index (κ2) is 9.77. The van der Waals surface area contributed by atoms with E-state index in [-0.39, 0.29) is 5.82 Å². The van der Waals surface area contributed by atoms with Gasteiger partial charge in [-0.25, -0.2) is 15.0 Å². The van der Waals surface area contributed by atoms with Gasteiger partial charge in [0.2, 0.25) is 0 Å². The molecule has 5 rings (SSSR count). The summed E-state index contributed by atoms with van der Waals surface area (Å²) in [4.78, 5) is 22.6. The van der Waals surface area contributed by atoms with Crippen LogP contribution in [0.3, 0.4) is 0 Å². The van der Waals surface area contributed by atoms with Crippen LogP contribution in [0.4, 0.5) is 11.6 Å². The molecule has 3 aromatic heterocycles. The molecule has 2 N–H and O–H groups in total. The number of piperidine rings is 1. The highest BCUT2D eigenvalue weighted by Crippen LogP contribution is 2.33. The fourth-order valence-corrected chi connectivity index (χ4v) is 4.85. The van der Waals surface area contributed by atoms with Gasteiger partial charge in [0.05, 0.1) is 5.69 Å². The quantitative estimate of drug-likeness (QED) is 0.576. The van der Waals surface area contributed by atoms with Crippen LogP contribution in [0, 0.1) is 11.3 Å². The zero-order chi connectivity index (χ0) is 23.5. The predicted molar refractivity (Wildman–Crippen MR) is 131 cm³/mol. The summed E-state index contributed by atoms with van der Waals surface area (Å²) in [6.07, 6.45) is 9.64. The summed E-state index contributed by atoms with van der Waals surface area (Å²) in [5, 5.41) is 9.52. The number of nitrogens with two attached hydrogens (primary N) is 1. The Hall–Kier alpha value is -3.51. The van der Waals surface area contributed by atoms with Crippen LogP contribution in [-0.4, -0.2) is 62.1 Å². The minimum atomic E-state index is 0.240. The van der Waals surface area contributed by atoms with E-state index in [0.29, 0.717) is 17.3 Å². The lowest BCUT2D eigenvalue weighted by Crippen LogP contribution is -2.39. The van der Waals surface area contributed by atoms with Gasteiger partial charge in [-0.2, -0.15) is 5.26 Å². The van der Waals surface area contributed by atoms with Crippen LogP contribution >= 0.6 is 0 Å². The Morgan fingerprint density at radius 2 is 1.94 bits per heavy atom. The molecule has 0 unspecified atom stereocenters. The number of rotatable bonds is 7. The van der Waals surface area contributed by atoms with Gasteiger partial charge in [-0.05, 0) is 50.9 Å². The molecule has 0 spiro atoms. The van der Waals surface area contributed by atoms with Gasteiger partial charge in [0.15, 0.2) is 5.82 Å². The van der Waals surface area contributed by atoms with E-state index < -0.39 is 0 Å². The molecule has 0 amide bonds. The Kier molecular flexibility index (Phi) is 6.41. The number of anilines is 2. The Balaban J connectivity index is 1.37. The Labute approximate surface area is 200 Å². The van der Waals surface area contributed by atoms with Crippen molar-refractivity contribution in [1.82, 2.24) is 29.4 Å². The van der Waals surface area contributed by atoms with Crippen LogP contribution < -0.4 is 10.6 Å². The van der Waals surface area contributed by atoms with Gasteiger partial charge in [-0.15, -0.1) is 0 Å². The first-order chi connectivity index (χ1) is 16.7. The average Bonchev–Trinajstić information content (AvgIpc) is 3.27. The maximum absolute atomic E-state index is 9.52. The molecular weight excluding hydrogens is 426 g/mol. The fraction of sp³-hybridized carbons (Fsp3) is 0.480. The Bertz CT molecular complexity index is 1180. The Morgan fingerprint density at radius 3 is 2.65 bits per heavy atom. The first-order valence-electron chi connectivity index (χ1n) is 12.2. The third-order valence-electron chi connectivity index (χ3n) is 7.02. The van der Waals surface area contributed by atoms with Crippen LogP contribution in [0.1, 0.15) is 49.2 Å². The van der Waals surface area contributed by atoms with Gasteiger partial charge in [0.1, 0.15) is 29.6 Å². The number of nitrogen functional groups attached to an aromatic ring is 1. The first-order valence-corrected chi connectivity index (χ1v) is 12.2. The third kappa shape index (κ3) is 4.46. The molecule has 0 aromatic carbocycles. The molecule has 3 aromatic rings. The van der Waals surface area contributed by atoms with Gasteiger partial charge >= 0.3 is 0 Å². The van der Waals surface area contributed by atoms with Crippen LogP contribution in [0.25, 0.3) is 11.3 Å². The summed E-state index contributed by atoms with van der Waals surface area (Å²) in [7, 11) is 0. The maximum Gasteiger partial charge on any atom is 0.152 e. The summed E-state index contributed by atoms with van der Waals surface area (Å²) in [5.41, 5.74) is 9.50. The highest BCUT2D eigenvalue weighted by Gasteiger charge is 2.28. The van der Waals surface area contributed by atoms with E-state index in [0.717, 1.165) is 68.2 Å². The highest BCUT2D eigenvalue weighted by molar-refractivity contribution is 5.63. The number of nitriles is 1. The second-order valence-corrected chi connectivity index (χ2v) is 9.09. The molecule has 0 radical (unpaired) electrons. The molecule has 0 atom stereocenters. The zero-order valence-electron chi connectivity index (χ0n) is 19.7. The molecule has 9 heteroatoms. The van der Waals surface area contributed by atoms with Crippen molar-refractivity contribution in [2.45, 2.75) is 45.1 Å². The lowest BCUT2D eigenvalue weighted by Gasteiger charge is -2.34. The number of hydrogen-bond acceptors (Lipinski definition) is 8. The van der Waals surface area contributed by atoms with E-state index >= 15 is 0 Å². The van der Waals surface area contributed by atoms with Gasteiger partial charge in [-0.3, -0.25) is 4.98 Å². The molecule has 0 saturated carbocycles. The zero-order valence-corrected chi connectivity index (χ0v) is 19.7. The summed E-state index contributed by atoms with van der Waals surface area (Å²) in [6, 6.07) is 6.37. The standard InChI is InChI=1S/C25H31N9/c1-2-20-14-19(4-7-28-20)22-16-34(13-12-32-8-3-9-32)24(31-22)18-5-10-33(11-6-18)25-21(15-26)23(27)29-17-30-25/h4,7,14,16-18H,2-3,5-6,8-13H2,1H3,(H2,27,29,30). The van der Waals surface area contributed by atoms with Crippen LogP contribution in [-0.2, 0) is 13.0 Å². The molecule has 2 fully saturated rings. The third-order valence-corrected chi connectivity index (χ3v) is 7.02. The van der Waals surface area contributed by atoms with E-state index in [1.165, 1.54) is 25.8 Å². The number of likely N-dealkylation sites (tertiary alicyclic amines) is 1. The molecule has 2 aliphatic rings. The molecule has 176 valence electrons. The number of pyridine rings is 1. The topological polar surface area (TPSA) is 113 Å². The smallest absolute Gasteiger partial charge is 0.152 e. The van der Waals surface area contributed by atoms with Gasteiger partial charge in [0, 0.05) is 55.7 Å². The van der Waals surface area contributed by atoms with E-state index in [1.807, 2.05) is 6.20 Å². The van der Waals surface area contributed by atoms with Crippen molar-refractivity contribution in [2.75, 3.05) is 43.4 Å².